The number of carbonyl (C=O) groups is 1. The number of carbonyl (C=O) groups excluding carboxylic acids is 1. The van der Waals surface area contributed by atoms with Gasteiger partial charge in [-0.3, -0.25) is 10.1 Å². The first-order valence-corrected chi connectivity index (χ1v) is 5.80. The fourth-order valence-corrected chi connectivity index (χ4v) is 1.59. The Labute approximate surface area is 139 Å². The van der Waals surface area contributed by atoms with Gasteiger partial charge in [0.25, 0.3) is 5.91 Å². The van der Waals surface area contributed by atoms with Gasteiger partial charge in [0.05, 0.1) is 0 Å². The minimum absolute atomic E-state index is 0. The summed E-state index contributed by atoms with van der Waals surface area (Å²) in [7, 11) is 0. The predicted octanol–water partition coefficient (Wildman–Crippen LogP) is -0.382. The normalized spacial score (nSPS) is 9.05. The monoisotopic (exact) mass is 278 g/mol. The largest absolute Gasteiger partial charge is 1.00 e. The molecule has 19 heavy (non-hydrogen) atoms. The summed E-state index contributed by atoms with van der Waals surface area (Å²) < 4.78 is 0. The van der Waals surface area contributed by atoms with E-state index >= 15 is 0 Å². The van der Waals surface area contributed by atoms with Crippen LogP contribution in [-0.4, -0.2) is 11.0 Å². The van der Waals surface area contributed by atoms with Crippen LogP contribution >= 0.6 is 12.2 Å². The first kappa shape index (κ1) is 15.9. The van der Waals surface area contributed by atoms with Crippen molar-refractivity contribution in [2.75, 3.05) is 5.32 Å². The number of anilines is 1. The van der Waals surface area contributed by atoms with E-state index in [0.717, 1.165) is 5.69 Å². The third-order valence-corrected chi connectivity index (χ3v) is 2.42. The SMILES string of the molecule is O=C(NC(=S)Nc1[c-]cccc1)c1ccccc1.[Na+]. The van der Waals surface area contributed by atoms with Crippen LogP contribution in [0.15, 0.2) is 54.6 Å². The molecule has 0 atom stereocenters. The van der Waals surface area contributed by atoms with Gasteiger partial charge >= 0.3 is 29.6 Å². The topological polar surface area (TPSA) is 41.1 Å². The van der Waals surface area contributed by atoms with E-state index in [-0.39, 0.29) is 40.6 Å². The minimum Gasteiger partial charge on any atom is -0.356 e. The first-order chi connectivity index (χ1) is 8.75. The van der Waals surface area contributed by atoms with Crippen molar-refractivity contribution in [3.05, 3.63) is 66.2 Å². The van der Waals surface area contributed by atoms with Crippen molar-refractivity contribution in [3.8, 4) is 0 Å². The fraction of sp³-hybridized carbons (Fsp3) is 0. The Hall–Kier alpha value is -1.20. The van der Waals surface area contributed by atoms with Crippen molar-refractivity contribution in [2.24, 2.45) is 0 Å². The Bertz CT molecular complexity index is 546. The predicted molar refractivity (Wildman–Crippen MR) is 75.4 cm³/mol. The molecule has 0 saturated heterocycles. The molecule has 0 aliphatic rings. The van der Waals surface area contributed by atoms with Crippen LogP contribution in [0.4, 0.5) is 5.69 Å². The molecule has 0 aliphatic heterocycles. The summed E-state index contributed by atoms with van der Waals surface area (Å²) in [4.78, 5) is 11.8. The molecule has 0 unspecified atom stereocenters. The summed E-state index contributed by atoms with van der Waals surface area (Å²) in [6.07, 6.45) is 0. The number of amides is 1. The van der Waals surface area contributed by atoms with E-state index in [9.17, 15) is 4.79 Å². The molecule has 0 radical (unpaired) electrons. The van der Waals surface area contributed by atoms with Crippen LogP contribution in [0.2, 0.25) is 0 Å². The molecule has 2 aromatic rings. The van der Waals surface area contributed by atoms with E-state index in [4.69, 9.17) is 12.2 Å². The smallest absolute Gasteiger partial charge is 0.356 e. The Morgan fingerprint density at radius 1 is 1.05 bits per heavy atom. The van der Waals surface area contributed by atoms with Crippen LogP contribution in [0, 0.1) is 6.07 Å². The molecule has 90 valence electrons. The third-order valence-electron chi connectivity index (χ3n) is 2.22. The summed E-state index contributed by atoms with van der Waals surface area (Å²) in [5, 5.41) is 5.75. The Balaban J connectivity index is 0.00000180. The van der Waals surface area contributed by atoms with Gasteiger partial charge in [-0.15, -0.1) is 6.07 Å². The van der Waals surface area contributed by atoms with E-state index in [2.05, 4.69) is 16.7 Å². The Morgan fingerprint density at radius 2 is 1.74 bits per heavy atom. The molecule has 0 fully saturated rings. The van der Waals surface area contributed by atoms with Gasteiger partial charge in [0.15, 0.2) is 5.11 Å². The van der Waals surface area contributed by atoms with E-state index < -0.39 is 0 Å². The van der Waals surface area contributed by atoms with E-state index in [0.29, 0.717) is 5.56 Å². The van der Waals surface area contributed by atoms with Gasteiger partial charge in [-0.2, -0.15) is 24.3 Å². The molecule has 3 nitrogen and oxygen atoms in total. The van der Waals surface area contributed by atoms with Gasteiger partial charge in [-0.25, -0.2) is 0 Å². The van der Waals surface area contributed by atoms with E-state index in [1.54, 1.807) is 30.3 Å². The quantitative estimate of drug-likeness (QED) is 0.447. The number of thiocarbonyl (C=S) groups is 1. The summed E-state index contributed by atoms with van der Waals surface area (Å²) >= 11 is 5.05. The number of hydrogen-bond donors (Lipinski definition) is 2. The second kappa shape index (κ2) is 8.07. The van der Waals surface area contributed by atoms with Gasteiger partial charge < -0.3 is 5.32 Å². The second-order valence-corrected chi connectivity index (χ2v) is 3.96. The maximum atomic E-state index is 11.8. The van der Waals surface area contributed by atoms with Crippen molar-refractivity contribution in [2.45, 2.75) is 0 Å². The molecule has 0 aliphatic carbocycles. The van der Waals surface area contributed by atoms with Gasteiger partial charge in [-0.05, 0) is 24.4 Å². The number of nitrogens with one attached hydrogen (secondary N) is 2. The maximum Gasteiger partial charge on any atom is 1.00 e. The van der Waals surface area contributed by atoms with Crippen LogP contribution in [0.3, 0.4) is 0 Å². The van der Waals surface area contributed by atoms with Gasteiger partial charge in [0, 0.05) is 5.56 Å². The van der Waals surface area contributed by atoms with Crippen LogP contribution in [-0.2, 0) is 0 Å². The molecule has 2 aromatic carbocycles. The second-order valence-electron chi connectivity index (χ2n) is 3.55. The summed E-state index contributed by atoms with van der Waals surface area (Å²) in [6.45, 7) is 0. The summed E-state index contributed by atoms with van der Waals surface area (Å²) in [5.41, 5.74) is 1.29. The molecule has 0 saturated carbocycles. The molecule has 0 spiro atoms. The summed E-state index contributed by atoms with van der Waals surface area (Å²) in [6, 6.07) is 19.2. The van der Waals surface area contributed by atoms with Gasteiger partial charge in [-0.1, -0.05) is 23.9 Å². The van der Waals surface area contributed by atoms with Crippen LogP contribution < -0.4 is 40.2 Å². The molecule has 1 amide bonds. The standard InChI is InChI=1S/C14H11N2OS.Na/c17-13(11-7-3-1-4-8-11)16-14(18)15-12-9-5-2-6-10-12;/h1-9H,(H2,15,16,17,18);/q-1;+1. The number of benzene rings is 2. The fourth-order valence-electron chi connectivity index (χ4n) is 1.39. The maximum absolute atomic E-state index is 11.8. The zero-order valence-corrected chi connectivity index (χ0v) is 13.3. The summed E-state index contributed by atoms with van der Waals surface area (Å²) in [5.74, 6) is -0.232. The number of para-hydroxylation sites is 1. The van der Waals surface area contributed by atoms with Crippen LogP contribution in [0.5, 0.6) is 0 Å². The molecule has 5 heteroatoms. The molecule has 2 N–H and O–H groups in total. The number of rotatable bonds is 2. The third kappa shape index (κ3) is 5.12. The van der Waals surface area contributed by atoms with Crippen molar-refractivity contribution < 1.29 is 34.4 Å². The van der Waals surface area contributed by atoms with Gasteiger partial charge in [0.1, 0.15) is 0 Å². The van der Waals surface area contributed by atoms with Crippen molar-refractivity contribution in [1.29, 1.82) is 0 Å². The minimum atomic E-state index is -0.232. The first-order valence-electron chi connectivity index (χ1n) is 5.40. The molecule has 0 bridgehead atoms. The molecule has 2 rings (SSSR count). The Morgan fingerprint density at radius 3 is 2.37 bits per heavy atom. The zero-order valence-electron chi connectivity index (χ0n) is 10.5. The Kier molecular flexibility index (Phi) is 6.73. The van der Waals surface area contributed by atoms with Crippen LogP contribution in [0.1, 0.15) is 10.4 Å². The van der Waals surface area contributed by atoms with Gasteiger partial charge in [0.2, 0.25) is 0 Å². The molecular weight excluding hydrogens is 267 g/mol. The molecule has 0 heterocycles. The van der Waals surface area contributed by atoms with Crippen molar-refractivity contribution in [1.82, 2.24) is 5.32 Å². The van der Waals surface area contributed by atoms with E-state index in [1.165, 1.54) is 0 Å². The van der Waals surface area contributed by atoms with E-state index in [1.807, 2.05) is 24.3 Å². The molecule has 0 aromatic heterocycles. The average Bonchev–Trinajstić information content (AvgIpc) is 2.40. The van der Waals surface area contributed by atoms with Crippen molar-refractivity contribution >= 4 is 28.9 Å². The average molecular weight is 278 g/mol. The number of hydrogen-bond acceptors (Lipinski definition) is 2. The van der Waals surface area contributed by atoms with Crippen molar-refractivity contribution in [3.63, 3.8) is 0 Å². The zero-order chi connectivity index (χ0) is 12.8. The molecular formula is C14H11N2NaOS. The van der Waals surface area contributed by atoms with Crippen LogP contribution in [0.25, 0.3) is 0 Å².